The number of thioether (sulfide) groups is 1. The lowest BCUT2D eigenvalue weighted by atomic mass is 9.99. The second-order valence-electron chi connectivity index (χ2n) is 18.4. The number of unbranched alkanes of at least 4 members (excludes halogenated alkanes) is 13. The molecule has 59 heavy (non-hydrogen) atoms. The Hall–Kier alpha value is -1.86. The Morgan fingerprint density at radius 1 is 0.780 bits per heavy atom. The minimum absolute atomic E-state index is 0.0540. The van der Waals surface area contributed by atoms with E-state index in [0.717, 1.165) is 120 Å². The van der Waals surface area contributed by atoms with Crippen LogP contribution < -0.4 is 10.6 Å². The van der Waals surface area contributed by atoms with E-state index in [1.165, 1.54) is 57.8 Å². The van der Waals surface area contributed by atoms with E-state index in [1.807, 2.05) is 24.8 Å². The number of hydrogen-bond acceptors (Lipinski definition) is 10. The van der Waals surface area contributed by atoms with Crippen LogP contribution in [0.1, 0.15) is 194 Å². The number of amides is 2. The summed E-state index contributed by atoms with van der Waals surface area (Å²) in [5, 5.41) is 27.8. The fourth-order valence-electron chi connectivity index (χ4n) is 9.88. The van der Waals surface area contributed by atoms with E-state index in [1.54, 1.807) is 0 Å². The molecule has 4 fully saturated rings. The van der Waals surface area contributed by atoms with Gasteiger partial charge in [0.2, 0.25) is 0 Å². The zero-order chi connectivity index (χ0) is 41.8. The fourth-order valence-corrected chi connectivity index (χ4v) is 11.4. The molecule has 5 rings (SSSR count). The molecule has 0 unspecified atom stereocenters. The maximum atomic E-state index is 13.2. The first-order chi connectivity index (χ1) is 28.7. The Labute approximate surface area is 360 Å². The van der Waals surface area contributed by atoms with E-state index in [4.69, 9.17) is 18.9 Å². The molecule has 5 aliphatic rings. The molecule has 4 saturated heterocycles. The predicted molar refractivity (Wildman–Crippen MR) is 233 cm³/mol. The lowest BCUT2D eigenvalue weighted by Gasteiger charge is -2.26. The smallest absolute Gasteiger partial charge is 0.334 e. The summed E-state index contributed by atoms with van der Waals surface area (Å²) >= 11 is 1.91. The van der Waals surface area contributed by atoms with Crippen LogP contribution in [0.4, 0.5) is 4.79 Å². The molecule has 0 aromatic heterocycles. The molecule has 0 aromatic rings. The number of carbonyl (C=O) groups is 3. The van der Waals surface area contributed by atoms with Gasteiger partial charge in [0, 0.05) is 23.0 Å². The van der Waals surface area contributed by atoms with E-state index in [9.17, 15) is 24.6 Å². The van der Waals surface area contributed by atoms with E-state index in [-0.39, 0.29) is 72.8 Å². The molecular weight excluding hydrogens is 769 g/mol. The minimum atomic E-state index is -0.530. The first-order valence-electron chi connectivity index (χ1n) is 24.2. The van der Waals surface area contributed by atoms with Crippen molar-refractivity contribution < 1.29 is 43.5 Å². The Kier molecular flexibility index (Phi) is 21.7. The third-order valence-electron chi connectivity index (χ3n) is 13.4. The van der Waals surface area contributed by atoms with Gasteiger partial charge in [-0.1, -0.05) is 90.4 Å². The van der Waals surface area contributed by atoms with Crippen molar-refractivity contribution in [2.45, 2.75) is 260 Å². The van der Waals surface area contributed by atoms with Crippen molar-refractivity contribution in [3.05, 3.63) is 11.6 Å². The Bertz CT molecular complexity index is 1290. The molecule has 5 heterocycles. The first-order valence-corrected chi connectivity index (χ1v) is 25.2. The van der Waals surface area contributed by atoms with Gasteiger partial charge < -0.3 is 39.8 Å². The van der Waals surface area contributed by atoms with Crippen LogP contribution in [0.5, 0.6) is 0 Å². The van der Waals surface area contributed by atoms with Crippen molar-refractivity contribution in [3.63, 3.8) is 0 Å². The molecule has 0 saturated carbocycles. The van der Waals surface area contributed by atoms with Crippen LogP contribution in [0, 0.1) is 0 Å². The molecular formula is C47H80N2O9S. The van der Waals surface area contributed by atoms with Crippen LogP contribution >= 0.6 is 11.8 Å². The van der Waals surface area contributed by atoms with Gasteiger partial charge in [-0.2, -0.15) is 11.8 Å². The Morgan fingerprint density at radius 3 is 2.14 bits per heavy atom. The van der Waals surface area contributed by atoms with Gasteiger partial charge >= 0.3 is 18.0 Å². The van der Waals surface area contributed by atoms with Crippen molar-refractivity contribution in [1.29, 1.82) is 0 Å². The van der Waals surface area contributed by atoms with E-state index >= 15 is 0 Å². The van der Waals surface area contributed by atoms with Crippen molar-refractivity contribution in [1.82, 2.24) is 10.6 Å². The standard InChI is InChI=1S/C47H80N2O9S/c1-3-4-5-15-21-35(50)22-19-23-37(51)38-27-28-41(56-38)42-30-29-40(57-42)39(58-44(52)26-18-17-25-43-45-36(32-59-43)48-47(54)49-45)24-16-13-11-9-7-6-8-10-12-14-20-34-31-33(2)55-46(34)53/h31,33,35-43,45,50-51H,3-30,32H2,1-2H3,(H2,48,49,54)/t33-,35-,36-,37-,38+,39+,40+,41+,42+,43-,45-/m0/s1. The first kappa shape index (κ1) is 48.2. The van der Waals surface area contributed by atoms with Gasteiger partial charge in [0.1, 0.15) is 12.2 Å². The van der Waals surface area contributed by atoms with Crippen LogP contribution in [-0.4, -0.2) is 100 Å². The summed E-state index contributed by atoms with van der Waals surface area (Å²) in [4.78, 5) is 36.8. The third kappa shape index (κ3) is 16.7. The summed E-state index contributed by atoms with van der Waals surface area (Å²) in [6.45, 7) is 4.10. The van der Waals surface area contributed by atoms with Gasteiger partial charge in [-0.3, -0.25) is 4.79 Å². The highest BCUT2D eigenvalue weighted by Crippen LogP contribution is 2.36. The third-order valence-corrected chi connectivity index (χ3v) is 14.9. The highest BCUT2D eigenvalue weighted by Gasteiger charge is 2.43. The predicted octanol–water partition coefficient (Wildman–Crippen LogP) is 9.13. The maximum absolute atomic E-state index is 13.2. The summed E-state index contributed by atoms with van der Waals surface area (Å²) in [5.74, 6) is 0.662. The molecule has 338 valence electrons. The second kappa shape index (κ2) is 26.6. The lowest BCUT2D eigenvalue weighted by Crippen LogP contribution is -2.36. The molecule has 11 atom stereocenters. The van der Waals surface area contributed by atoms with Crippen LogP contribution in [0.25, 0.3) is 0 Å². The quantitative estimate of drug-likeness (QED) is 0.0302. The van der Waals surface area contributed by atoms with Crippen molar-refractivity contribution >= 4 is 29.7 Å². The number of fused-ring (bicyclic) bond motifs is 1. The fraction of sp³-hybridized carbons (Fsp3) is 0.894. The number of cyclic esters (lactones) is 1. The average molecular weight is 849 g/mol. The molecule has 0 aliphatic carbocycles. The maximum Gasteiger partial charge on any atom is 0.334 e. The molecule has 0 spiro atoms. The van der Waals surface area contributed by atoms with Gasteiger partial charge in [0.05, 0.1) is 48.7 Å². The molecule has 0 aromatic carbocycles. The highest BCUT2D eigenvalue weighted by atomic mass is 32.2. The topological polar surface area (TPSA) is 153 Å². The summed E-state index contributed by atoms with van der Waals surface area (Å²) < 4.78 is 24.5. The summed E-state index contributed by atoms with van der Waals surface area (Å²) in [6, 6.07) is 0.338. The molecule has 0 bridgehead atoms. The molecule has 4 N–H and O–H groups in total. The number of carbonyl (C=O) groups excluding carboxylic acids is 3. The van der Waals surface area contributed by atoms with Crippen LogP contribution in [0.2, 0.25) is 0 Å². The number of rotatable bonds is 31. The number of urea groups is 1. The second-order valence-corrected chi connectivity index (χ2v) is 19.6. The van der Waals surface area contributed by atoms with E-state index in [2.05, 4.69) is 17.6 Å². The van der Waals surface area contributed by atoms with Gasteiger partial charge in [0.25, 0.3) is 0 Å². The number of nitrogens with one attached hydrogen (secondary N) is 2. The SMILES string of the molecule is CCCCCC[C@H](O)CCC[C@H](O)[C@H]1CC[C@H]([C@H]2CC[C@H]([C@@H](CCCCCCCCCCCCC3=C[C@H](C)OC3=O)OC(=O)CCCC[C@@H]3SC[C@@H]4NC(=O)N[C@@H]43)O2)O1. The lowest BCUT2D eigenvalue weighted by molar-refractivity contribution is -0.161. The van der Waals surface area contributed by atoms with Gasteiger partial charge in [-0.15, -0.1) is 0 Å². The average Bonchev–Trinajstić information content (AvgIpc) is 4.06. The largest absolute Gasteiger partial charge is 0.460 e. The molecule has 11 nitrogen and oxygen atoms in total. The Balaban J connectivity index is 0.978. The molecule has 0 radical (unpaired) electrons. The van der Waals surface area contributed by atoms with Gasteiger partial charge in [-0.05, 0) is 103 Å². The Morgan fingerprint density at radius 2 is 1.42 bits per heavy atom. The van der Waals surface area contributed by atoms with E-state index in [0.29, 0.717) is 18.1 Å². The molecule has 5 aliphatic heterocycles. The minimum Gasteiger partial charge on any atom is -0.460 e. The van der Waals surface area contributed by atoms with Crippen molar-refractivity contribution in [3.8, 4) is 0 Å². The van der Waals surface area contributed by atoms with Gasteiger partial charge in [0.15, 0.2) is 0 Å². The van der Waals surface area contributed by atoms with Crippen LogP contribution in [0.15, 0.2) is 11.6 Å². The monoisotopic (exact) mass is 849 g/mol. The zero-order valence-electron chi connectivity index (χ0n) is 36.6. The number of aliphatic hydroxyl groups is 2. The number of hydrogen-bond donors (Lipinski definition) is 4. The van der Waals surface area contributed by atoms with E-state index < -0.39 is 6.10 Å². The summed E-state index contributed by atoms with van der Waals surface area (Å²) in [7, 11) is 0. The zero-order valence-corrected chi connectivity index (χ0v) is 37.4. The van der Waals surface area contributed by atoms with Crippen molar-refractivity contribution in [2.24, 2.45) is 0 Å². The van der Waals surface area contributed by atoms with Crippen LogP contribution in [0.3, 0.4) is 0 Å². The summed E-state index contributed by atoms with van der Waals surface area (Å²) in [6.07, 6.45) is 27.8. The summed E-state index contributed by atoms with van der Waals surface area (Å²) in [5.41, 5.74) is 0.848. The normalized spacial score (nSPS) is 29.2. The number of aliphatic hydroxyl groups excluding tert-OH is 2. The number of esters is 2. The molecule has 12 heteroatoms. The number of ether oxygens (including phenoxy) is 4. The van der Waals surface area contributed by atoms with Crippen LogP contribution in [-0.2, 0) is 28.5 Å². The van der Waals surface area contributed by atoms with Crippen molar-refractivity contribution in [2.75, 3.05) is 5.75 Å². The highest BCUT2D eigenvalue weighted by molar-refractivity contribution is 8.00. The molecule has 2 amide bonds. The van der Waals surface area contributed by atoms with Gasteiger partial charge in [-0.25, -0.2) is 9.59 Å².